The Morgan fingerprint density at radius 3 is 2.57 bits per heavy atom. The Labute approximate surface area is 130 Å². The normalized spacial score (nSPS) is 12.0. The molecule has 0 aliphatic rings. The van der Waals surface area contributed by atoms with Gasteiger partial charge in [0.25, 0.3) is 0 Å². The predicted octanol–water partition coefficient (Wildman–Crippen LogP) is 4.49. The zero-order valence-electron chi connectivity index (χ0n) is 12.3. The number of methoxy groups -OCH3 is 1. The maximum absolute atomic E-state index is 9.27. The number of hydrogen-bond acceptors (Lipinski definition) is 3. The number of nitrogens with one attached hydrogen (secondary N) is 1. The molecule has 1 unspecified atom stereocenters. The monoisotopic (exact) mass is 305 g/mol. The summed E-state index contributed by atoms with van der Waals surface area (Å²) in [5.41, 5.74) is 2.09. The molecule has 0 saturated heterocycles. The highest BCUT2D eigenvalue weighted by molar-refractivity contribution is 6.33. The number of aromatic hydroxyl groups is 1. The SMILES string of the molecule is COc1ccc(Cl)c(NC(C)CCc2ccc(O)cc2)c1. The number of anilines is 1. The van der Waals surface area contributed by atoms with Crippen LogP contribution < -0.4 is 10.1 Å². The zero-order valence-corrected chi connectivity index (χ0v) is 13.0. The third kappa shape index (κ3) is 4.57. The molecule has 2 N–H and O–H groups in total. The molecule has 0 aliphatic heterocycles. The third-order valence-electron chi connectivity index (χ3n) is 3.38. The van der Waals surface area contributed by atoms with Crippen molar-refractivity contribution in [3.8, 4) is 11.5 Å². The van der Waals surface area contributed by atoms with Gasteiger partial charge in [-0.3, -0.25) is 0 Å². The highest BCUT2D eigenvalue weighted by Gasteiger charge is 2.07. The first kappa shape index (κ1) is 15.5. The van der Waals surface area contributed by atoms with Crippen LogP contribution in [-0.2, 0) is 6.42 Å². The number of phenols is 1. The number of phenolic OH excluding ortho intramolecular Hbond substituents is 1. The van der Waals surface area contributed by atoms with Gasteiger partial charge in [-0.1, -0.05) is 23.7 Å². The number of halogens is 1. The Hall–Kier alpha value is -1.87. The first-order chi connectivity index (χ1) is 10.1. The molecule has 0 fully saturated rings. The van der Waals surface area contributed by atoms with Gasteiger partial charge in [0.1, 0.15) is 11.5 Å². The maximum atomic E-state index is 9.27. The average molecular weight is 306 g/mol. The lowest BCUT2D eigenvalue weighted by atomic mass is 10.1. The van der Waals surface area contributed by atoms with E-state index in [4.69, 9.17) is 16.3 Å². The lowest BCUT2D eigenvalue weighted by molar-refractivity contribution is 0.415. The van der Waals surface area contributed by atoms with Crippen LogP contribution in [0.4, 0.5) is 5.69 Å². The Bertz CT molecular complexity index is 584. The molecule has 112 valence electrons. The van der Waals surface area contributed by atoms with Crippen LogP contribution in [0.25, 0.3) is 0 Å². The summed E-state index contributed by atoms with van der Waals surface area (Å²) in [4.78, 5) is 0. The van der Waals surface area contributed by atoms with Gasteiger partial charge in [-0.2, -0.15) is 0 Å². The smallest absolute Gasteiger partial charge is 0.121 e. The topological polar surface area (TPSA) is 41.5 Å². The molecule has 0 radical (unpaired) electrons. The van der Waals surface area contributed by atoms with E-state index in [1.54, 1.807) is 19.2 Å². The Morgan fingerprint density at radius 1 is 1.19 bits per heavy atom. The van der Waals surface area contributed by atoms with Crippen LogP contribution in [0.2, 0.25) is 5.02 Å². The van der Waals surface area contributed by atoms with Crippen LogP contribution >= 0.6 is 11.6 Å². The number of hydrogen-bond donors (Lipinski definition) is 2. The molecule has 0 saturated carbocycles. The summed E-state index contributed by atoms with van der Waals surface area (Å²) in [5.74, 6) is 1.08. The number of ether oxygens (including phenoxy) is 1. The third-order valence-corrected chi connectivity index (χ3v) is 3.71. The predicted molar refractivity (Wildman–Crippen MR) is 87.5 cm³/mol. The minimum atomic E-state index is 0.281. The summed E-state index contributed by atoms with van der Waals surface area (Å²) >= 11 is 6.19. The second-order valence-electron chi connectivity index (χ2n) is 5.10. The minimum Gasteiger partial charge on any atom is -0.508 e. The fourth-order valence-corrected chi connectivity index (χ4v) is 2.30. The van der Waals surface area contributed by atoms with Crippen molar-refractivity contribution in [1.29, 1.82) is 0 Å². The molecule has 0 aromatic heterocycles. The Kier molecular flexibility index (Phi) is 5.34. The van der Waals surface area contributed by atoms with Crippen molar-refractivity contribution in [2.75, 3.05) is 12.4 Å². The average Bonchev–Trinajstić information content (AvgIpc) is 2.49. The second-order valence-corrected chi connectivity index (χ2v) is 5.50. The van der Waals surface area contributed by atoms with Crippen molar-refractivity contribution in [1.82, 2.24) is 0 Å². The highest BCUT2D eigenvalue weighted by Crippen LogP contribution is 2.27. The van der Waals surface area contributed by atoms with Gasteiger partial charge in [0.2, 0.25) is 0 Å². The van der Waals surface area contributed by atoms with Crippen LogP contribution in [0, 0.1) is 0 Å². The number of aryl methyl sites for hydroxylation is 1. The van der Waals surface area contributed by atoms with E-state index in [1.165, 1.54) is 5.56 Å². The lowest BCUT2D eigenvalue weighted by Gasteiger charge is -2.17. The molecule has 2 aromatic rings. The molecule has 4 heteroatoms. The van der Waals surface area contributed by atoms with Crippen LogP contribution in [0.15, 0.2) is 42.5 Å². The Morgan fingerprint density at radius 2 is 1.90 bits per heavy atom. The summed E-state index contributed by atoms with van der Waals surface area (Å²) in [5, 5.41) is 13.4. The van der Waals surface area contributed by atoms with Crippen LogP contribution in [0.5, 0.6) is 11.5 Å². The first-order valence-electron chi connectivity index (χ1n) is 6.96. The zero-order chi connectivity index (χ0) is 15.2. The molecule has 3 nitrogen and oxygen atoms in total. The van der Waals surface area contributed by atoms with Crippen LogP contribution in [-0.4, -0.2) is 18.3 Å². The van der Waals surface area contributed by atoms with E-state index in [0.29, 0.717) is 10.8 Å². The molecule has 0 spiro atoms. The van der Waals surface area contributed by atoms with Crippen molar-refractivity contribution in [2.24, 2.45) is 0 Å². The molecule has 0 aliphatic carbocycles. The highest BCUT2D eigenvalue weighted by atomic mass is 35.5. The van der Waals surface area contributed by atoms with E-state index in [0.717, 1.165) is 24.3 Å². The minimum absolute atomic E-state index is 0.281. The van der Waals surface area contributed by atoms with Gasteiger partial charge in [-0.05, 0) is 49.6 Å². The van der Waals surface area contributed by atoms with Crippen molar-refractivity contribution >= 4 is 17.3 Å². The number of benzene rings is 2. The van der Waals surface area contributed by atoms with Gasteiger partial charge in [-0.15, -0.1) is 0 Å². The van der Waals surface area contributed by atoms with Gasteiger partial charge in [-0.25, -0.2) is 0 Å². The standard InChI is InChI=1S/C17H20ClNO2/c1-12(3-4-13-5-7-14(20)8-6-13)19-17-11-15(21-2)9-10-16(17)18/h5-12,19-20H,3-4H2,1-2H3. The second kappa shape index (κ2) is 7.23. The van der Waals surface area contributed by atoms with E-state index in [2.05, 4.69) is 12.2 Å². The van der Waals surface area contributed by atoms with Gasteiger partial charge >= 0.3 is 0 Å². The molecule has 0 amide bonds. The van der Waals surface area contributed by atoms with Crippen molar-refractivity contribution < 1.29 is 9.84 Å². The summed E-state index contributed by atoms with van der Waals surface area (Å²) < 4.78 is 5.21. The lowest BCUT2D eigenvalue weighted by Crippen LogP contribution is -2.16. The molecule has 2 aromatic carbocycles. The van der Waals surface area contributed by atoms with Gasteiger partial charge in [0.15, 0.2) is 0 Å². The van der Waals surface area contributed by atoms with E-state index in [9.17, 15) is 5.11 Å². The maximum Gasteiger partial charge on any atom is 0.121 e. The molecule has 1 atom stereocenters. The largest absolute Gasteiger partial charge is 0.508 e. The summed E-state index contributed by atoms with van der Waals surface area (Å²) in [7, 11) is 1.64. The molecular formula is C17H20ClNO2. The summed E-state index contributed by atoms with van der Waals surface area (Å²) in [6.45, 7) is 2.12. The molecule has 0 bridgehead atoms. The van der Waals surface area contributed by atoms with E-state index >= 15 is 0 Å². The molecule has 2 rings (SSSR count). The van der Waals surface area contributed by atoms with Crippen molar-refractivity contribution in [3.63, 3.8) is 0 Å². The van der Waals surface area contributed by atoms with Crippen molar-refractivity contribution in [2.45, 2.75) is 25.8 Å². The van der Waals surface area contributed by atoms with Gasteiger partial charge in [0, 0.05) is 12.1 Å². The Balaban J connectivity index is 1.92. The van der Waals surface area contributed by atoms with E-state index in [1.807, 2.05) is 30.3 Å². The van der Waals surface area contributed by atoms with E-state index in [-0.39, 0.29) is 6.04 Å². The fourth-order valence-electron chi connectivity index (χ4n) is 2.13. The van der Waals surface area contributed by atoms with Crippen molar-refractivity contribution in [3.05, 3.63) is 53.1 Å². The van der Waals surface area contributed by atoms with E-state index < -0.39 is 0 Å². The molecule has 21 heavy (non-hydrogen) atoms. The molecule has 0 heterocycles. The number of rotatable bonds is 6. The van der Waals surface area contributed by atoms with Crippen LogP contribution in [0.3, 0.4) is 0 Å². The fraction of sp³-hybridized carbons (Fsp3) is 0.294. The van der Waals surface area contributed by atoms with Crippen LogP contribution in [0.1, 0.15) is 18.9 Å². The summed E-state index contributed by atoms with van der Waals surface area (Å²) in [6, 6.07) is 13.2. The molecular weight excluding hydrogens is 286 g/mol. The quantitative estimate of drug-likeness (QED) is 0.826. The van der Waals surface area contributed by atoms with Gasteiger partial charge < -0.3 is 15.2 Å². The summed E-state index contributed by atoms with van der Waals surface area (Å²) in [6.07, 6.45) is 1.91. The first-order valence-corrected chi connectivity index (χ1v) is 7.34. The van der Waals surface area contributed by atoms with Gasteiger partial charge in [0.05, 0.1) is 17.8 Å².